The van der Waals surface area contributed by atoms with Crippen LogP contribution in [-0.2, 0) is 11.3 Å². The molecule has 0 aromatic carbocycles. The minimum atomic E-state index is -0.797. The third-order valence-corrected chi connectivity index (χ3v) is 2.78. The van der Waals surface area contributed by atoms with Crippen molar-refractivity contribution in [3.63, 3.8) is 0 Å². The van der Waals surface area contributed by atoms with Crippen LogP contribution in [0.2, 0.25) is 0 Å². The Bertz CT molecular complexity index is 310. The summed E-state index contributed by atoms with van der Waals surface area (Å²) in [6.45, 7) is 1.25. The normalized spacial score (nSPS) is 21.8. The van der Waals surface area contributed by atoms with Gasteiger partial charge in [-0.3, -0.25) is 4.79 Å². The number of hydrogen-bond acceptors (Lipinski definition) is 4. The predicted molar refractivity (Wildman–Crippen MR) is 44.2 cm³/mol. The number of rotatable bonds is 1. The lowest BCUT2D eigenvalue weighted by Crippen LogP contribution is -2.31. The first-order valence-corrected chi connectivity index (χ1v) is 4.53. The third-order valence-electron chi connectivity index (χ3n) is 1.93. The molecule has 0 saturated carbocycles. The maximum atomic E-state index is 10.7. The molecule has 2 N–H and O–H groups in total. The van der Waals surface area contributed by atoms with Crippen LogP contribution >= 0.6 is 11.3 Å². The van der Waals surface area contributed by atoms with E-state index in [1.165, 1.54) is 11.3 Å². The topological polar surface area (TPSA) is 62.2 Å². The highest BCUT2D eigenvalue weighted by atomic mass is 32.1. The number of carboxylic acid groups (broad SMARTS) is 1. The highest BCUT2D eigenvalue weighted by Crippen LogP contribution is 2.25. The van der Waals surface area contributed by atoms with Crippen molar-refractivity contribution >= 4 is 17.3 Å². The van der Waals surface area contributed by atoms with Crippen LogP contribution in [0.15, 0.2) is 5.51 Å². The molecule has 0 saturated heterocycles. The van der Waals surface area contributed by atoms with Gasteiger partial charge < -0.3 is 10.4 Å². The maximum Gasteiger partial charge on any atom is 0.313 e. The first kappa shape index (κ1) is 7.70. The molecular formula is C7H8N2O2S. The van der Waals surface area contributed by atoms with E-state index in [-0.39, 0.29) is 0 Å². The molecule has 0 spiro atoms. The molecule has 0 fully saturated rings. The number of hydrogen-bond donors (Lipinski definition) is 2. The summed E-state index contributed by atoms with van der Waals surface area (Å²) in [6, 6.07) is 0. The number of nitrogens with zero attached hydrogens (tertiary/aromatic N) is 1. The van der Waals surface area contributed by atoms with Gasteiger partial charge in [-0.25, -0.2) is 4.98 Å². The Labute approximate surface area is 73.3 Å². The van der Waals surface area contributed by atoms with Crippen LogP contribution in [0.4, 0.5) is 0 Å². The van der Waals surface area contributed by atoms with Gasteiger partial charge in [-0.15, -0.1) is 11.3 Å². The minimum absolute atomic E-state index is 0.458. The zero-order chi connectivity index (χ0) is 8.55. The van der Waals surface area contributed by atoms with Crippen molar-refractivity contribution in [2.45, 2.75) is 12.5 Å². The van der Waals surface area contributed by atoms with Crippen molar-refractivity contribution in [2.24, 2.45) is 0 Å². The number of aromatic nitrogens is 1. The molecule has 0 aliphatic carbocycles. The van der Waals surface area contributed by atoms with E-state index in [9.17, 15) is 4.79 Å². The van der Waals surface area contributed by atoms with Crippen LogP contribution in [0.25, 0.3) is 0 Å². The molecule has 1 aromatic heterocycles. The van der Waals surface area contributed by atoms with Crippen LogP contribution in [0.3, 0.4) is 0 Å². The molecule has 1 atom stereocenters. The van der Waals surface area contributed by atoms with Gasteiger partial charge in [-0.05, 0) is 0 Å². The highest BCUT2D eigenvalue weighted by molar-refractivity contribution is 7.09. The average Bonchev–Trinajstić information content (AvgIpc) is 2.49. The molecule has 4 nitrogen and oxygen atoms in total. The van der Waals surface area contributed by atoms with Gasteiger partial charge in [0.1, 0.15) is 5.92 Å². The largest absolute Gasteiger partial charge is 0.481 e. The lowest BCUT2D eigenvalue weighted by molar-refractivity contribution is -0.138. The van der Waals surface area contributed by atoms with E-state index in [0.29, 0.717) is 6.54 Å². The quantitative estimate of drug-likeness (QED) is 0.663. The summed E-state index contributed by atoms with van der Waals surface area (Å²) in [7, 11) is 0. The van der Waals surface area contributed by atoms with Gasteiger partial charge in [0.2, 0.25) is 0 Å². The Kier molecular flexibility index (Phi) is 1.82. The van der Waals surface area contributed by atoms with E-state index in [4.69, 9.17) is 5.11 Å². The van der Waals surface area contributed by atoms with Crippen LogP contribution in [-0.4, -0.2) is 22.6 Å². The van der Waals surface area contributed by atoms with Crippen molar-refractivity contribution in [3.8, 4) is 0 Å². The van der Waals surface area contributed by atoms with Gasteiger partial charge in [0.05, 0.1) is 11.2 Å². The Morgan fingerprint density at radius 3 is 3.42 bits per heavy atom. The van der Waals surface area contributed by atoms with Gasteiger partial charge in [0.15, 0.2) is 0 Å². The van der Waals surface area contributed by atoms with Crippen molar-refractivity contribution in [2.75, 3.05) is 6.54 Å². The zero-order valence-electron chi connectivity index (χ0n) is 6.28. The van der Waals surface area contributed by atoms with Crippen molar-refractivity contribution in [1.82, 2.24) is 10.3 Å². The number of nitrogens with one attached hydrogen (secondary N) is 1. The molecule has 1 unspecified atom stereocenters. The first-order valence-electron chi connectivity index (χ1n) is 3.65. The van der Waals surface area contributed by atoms with Crippen LogP contribution < -0.4 is 5.32 Å². The number of aliphatic carboxylic acids is 1. The summed E-state index contributed by atoms with van der Waals surface area (Å²) in [5.74, 6) is -1.26. The molecule has 1 aliphatic heterocycles. The third kappa shape index (κ3) is 1.11. The molecule has 0 bridgehead atoms. The molecule has 1 aliphatic rings. The Morgan fingerprint density at radius 2 is 2.67 bits per heavy atom. The predicted octanol–water partition coefficient (Wildman–Crippen LogP) is 0.414. The molecule has 5 heteroatoms. The number of thiazole rings is 1. The second-order valence-electron chi connectivity index (χ2n) is 2.68. The summed E-state index contributed by atoms with van der Waals surface area (Å²) in [6.07, 6.45) is 0. The second-order valence-corrected chi connectivity index (χ2v) is 3.62. The number of carboxylic acids is 1. The second kappa shape index (κ2) is 2.84. The lowest BCUT2D eigenvalue weighted by Gasteiger charge is -2.17. The van der Waals surface area contributed by atoms with Crippen molar-refractivity contribution < 1.29 is 9.90 Å². The Morgan fingerprint density at radius 1 is 1.83 bits per heavy atom. The fraction of sp³-hybridized carbons (Fsp3) is 0.429. The summed E-state index contributed by atoms with van der Waals surface area (Å²) in [5, 5.41) is 11.9. The van der Waals surface area contributed by atoms with Gasteiger partial charge in [-0.1, -0.05) is 0 Å². The van der Waals surface area contributed by atoms with Gasteiger partial charge >= 0.3 is 5.97 Å². The number of fused-ring (bicyclic) bond motifs is 1. The molecule has 64 valence electrons. The van der Waals surface area contributed by atoms with Crippen LogP contribution in [0, 0.1) is 0 Å². The Hall–Kier alpha value is -0.940. The number of carbonyl (C=O) groups is 1. The summed E-state index contributed by atoms with van der Waals surface area (Å²) in [4.78, 5) is 15.8. The first-order chi connectivity index (χ1) is 5.79. The standard InChI is InChI=1S/C7H8N2O2S/c10-7(11)4-1-8-2-5-6(4)9-3-12-5/h3-4,8H,1-2H2,(H,10,11). The molecular weight excluding hydrogens is 176 g/mol. The van der Waals surface area contributed by atoms with Gasteiger partial charge in [0, 0.05) is 18.0 Å². The molecule has 0 amide bonds. The van der Waals surface area contributed by atoms with Gasteiger partial charge in [-0.2, -0.15) is 0 Å². The van der Waals surface area contributed by atoms with E-state index in [2.05, 4.69) is 10.3 Å². The molecule has 2 rings (SSSR count). The fourth-order valence-corrected chi connectivity index (χ4v) is 2.12. The smallest absolute Gasteiger partial charge is 0.313 e. The SMILES string of the molecule is O=C(O)C1CNCc2scnc21. The molecule has 2 heterocycles. The fourth-order valence-electron chi connectivity index (χ4n) is 1.33. The molecule has 12 heavy (non-hydrogen) atoms. The van der Waals surface area contributed by atoms with Gasteiger partial charge in [0.25, 0.3) is 0 Å². The van der Waals surface area contributed by atoms with Crippen LogP contribution in [0.5, 0.6) is 0 Å². The zero-order valence-corrected chi connectivity index (χ0v) is 7.10. The van der Waals surface area contributed by atoms with E-state index >= 15 is 0 Å². The van der Waals surface area contributed by atoms with Crippen molar-refractivity contribution in [3.05, 3.63) is 16.1 Å². The average molecular weight is 184 g/mol. The summed E-state index contributed by atoms with van der Waals surface area (Å²) < 4.78 is 0. The van der Waals surface area contributed by atoms with E-state index in [0.717, 1.165) is 17.1 Å². The monoisotopic (exact) mass is 184 g/mol. The van der Waals surface area contributed by atoms with Crippen molar-refractivity contribution in [1.29, 1.82) is 0 Å². The Balaban J connectivity index is 2.37. The molecule has 0 radical (unpaired) electrons. The van der Waals surface area contributed by atoms with E-state index in [1.54, 1.807) is 5.51 Å². The maximum absolute atomic E-state index is 10.7. The van der Waals surface area contributed by atoms with Crippen LogP contribution in [0.1, 0.15) is 16.5 Å². The lowest BCUT2D eigenvalue weighted by atomic mass is 10.0. The van der Waals surface area contributed by atoms with E-state index < -0.39 is 11.9 Å². The summed E-state index contributed by atoms with van der Waals surface area (Å²) in [5.41, 5.74) is 2.44. The summed E-state index contributed by atoms with van der Waals surface area (Å²) >= 11 is 1.51. The molecule has 1 aromatic rings. The van der Waals surface area contributed by atoms with E-state index in [1.807, 2.05) is 0 Å². The minimum Gasteiger partial charge on any atom is -0.481 e. The highest BCUT2D eigenvalue weighted by Gasteiger charge is 2.27.